The van der Waals surface area contributed by atoms with Gasteiger partial charge < -0.3 is 10.6 Å². The first kappa shape index (κ1) is 22.7. The van der Waals surface area contributed by atoms with Gasteiger partial charge in [0, 0.05) is 38.4 Å². The number of nitrogens with zero attached hydrogens (tertiary/aromatic N) is 5. The Morgan fingerprint density at radius 2 is 1.79 bits per heavy atom. The van der Waals surface area contributed by atoms with Gasteiger partial charge in [-0.3, -0.25) is 9.58 Å². The van der Waals surface area contributed by atoms with Gasteiger partial charge in [0.25, 0.3) is 0 Å². The van der Waals surface area contributed by atoms with Gasteiger partial charge in [-0.25, -0.2) is 4.39 Å². The number of rotatable bonds is 10. The minimum absolute atomic E-state index is 0.278. The van der Waals surface area contributed by atoms with E-state index >= 15 is 0 Å². The van der Waals surface area contributed by atoms with Crippen LogP contribution >= 0.6 is 0 Å². The van der Waals surface area contributed by atoms with Crippen LogP contribution in [0, 0.1) is 5.82 Å². The third-order valence-corrected chi connectivity index (χ3v) is 5.56. The molecule has 0 saturated heterocycles. The Bertz CT molecular complexity index is 1170. The van der Waals surface area contributed by atoms with E-state index in [1.807, 2.05) is 13.1 Å². The van der Waals surface area contributed by atoms with Crippen LogP contribution in [0.4, 0.5) is 21.8 Å². The third-order valence-electron chi connectivity index (χ3n) is 5.56. The maximum atomic E-state index is 13.3. The van der Waals surface area contributed by atoms with Crippen LogP contribution in [-0.2, 0) is 13.6 Å². The number of hydrogen-bond donors (Lipinski definition) is 2. The summed E-state index contributed by atoms with van der Waals surface area (Å²) in [4.78, 5) is 11.8. The highest BCUT2D eigenvalue weighted by molar-refractivity contribution is 5.89. The van der Waals surface area contributed by atoms with Crippen LogP contribution < -0.4 is 10.6 Å². The van der Waals surface area contributed by atoms with E-state index in [0.717, 1.165) is 42.8 Å². The second kappa shape index (κ2) is 10.4. The molecule has 2 aromatic heterocycles. The highest BCUT2D eigenvalue weighted by atomic mass is 19.1. The highest BCUT2D eigenvalue weighted by Crippen LogP contribution is 2.25. The van der Waals surface area contributed by atoms with Crippen molar-refractivity contribution in [2.45, 2.75) is 32.9 Å². The number of halogens is 1. The lowest BCUT2D eigenvalue weighted by atomic mass is 10.2. The maximum Gasteiger partial charge on any atom is 0.226 e. The fourth-order valence-corrected chi connectivity index (χ4v) is 3.69. The Morgan fingerprint density at radius 3 is 2.52 bits per heavy atom. The molecule has 4 rings (SSSR count). The number of aryl methyl sites for hydroxylation is 1. The Labute approximate surface area is 193 Å². The van der Waals surface area contributed by atoms with Gasteiger partial charge in [-0.2, -0.15) is 15.1 Å². The van der Waals surface area contributed by atoms with Crippen LogP contribution in [0.3, 0.4) is 0 Å². The molecule has 0 atom stereocenters. The number of nitrogens with one attached hydrogen (secondary N) is 2. The number of aromatic nitrogens is 4. The fraction of sp³-hybridized carbons (Fsp3) is 0.320. The van der Waals surface area contributed by atoms with Gasteiger partial charge in [0.1, 0.15) is 11.6 Å². The topological polar surface area (TPSA) is 70.9 Å². The predicted molar refractivity (Wildman–Crippen MR) is 131 cm³/mol. The van der Waals surface area contributed by atoms with E-state index in [2.05, 4.69) is 68.7 Å². The summed E-state index contributed by atoms with van der Waals surface area (Å²) < 4.78 is 15.0. The zero-order valence-corrected chi connectivity index (χ0v) is 19.3. The first-order valence-corrected chi connectivity index (χ1v) is 11.2. The van der Waals surface area contributed by atoms with Crippen LogP contribution in [0.15, 0.2) is 60.8 Å². The third kappa shape index (κ3) is 5.84. The van der Waals surface area contributed by atoms with Gasteiger partial charge in [0.15, 0.2) is 5.65 Å². The van der Waals surface area contributed by atoms with E-state index in [1.54, 1.807) is 23.0 Å². The minimum Gasteiger partial charge on any atom is -0.354 e. The predicted octanol–water partition coefficient (Wildman–Crippen LogP) is 4.96. The molecular weight excluding hydrogens is 417 g/mol. The minimum atomic E-state index is -0.278. The van der Waals surface area contributed by atoms with Crippen LogP contribution in [-0.4, -0.2) is 43.8 Å². The second-order valence-electron chi connectivity index (χ2n) is 8.36. The molecule has 0 amide bonds. The molecule has 7 nitrogen and oxygen atoms in total. The van der Waals surface area contributed by atoms with Crippen molar-refractivity contribution in [3.63, 3.8) is 0 Å². The fourth-order valence-electron chi connectivity index (χ4n) is 3.69. The van der Waals surface area contributed by atoms with Crippen molar-refractivity contribution in [3.8, 4) is 0 Å². The van der Waals surface area contributed by atoms with Crippen LogP contribution in [0.2, 0.25) is 0 Å². The van der Waals surface area contributed by atoms with Crippen molar-refractivity contribution >= 4 is 28.5 Å². The maximum absolute atomic E-state index is 13.3. The number of benzene rings is 2. The summed E-state index contributed by atoms with van der Waals surface area (Å²) in [7, 11) is 1.85. The monoisotopic (exact) mass is 447 g/mol. The molecule has 8 heteroatoms. The molecule has 0 aliphatic heterocycles. The Kier molecular flexibility index (Phi) is 7.14. The molecule has 4 aromatic rings. The first-order chi connectivity index (χ1) is 16.0. The molecule has 0 radical (unpaired) electrons. The Hall–Kier alpha value is -3.52. The molecule has 0 unspecified atom stereocenters. The molecule has 0 bridgehead atoms. The van der Waals surface area contributed by atoms with E-state index in [-0.39, 0.29) is 5.82 Å². The van der Waals surface area contributed by atoms with Gasteiger partial charge in [0.2, 0.25) is 5.95 Å². The zero-order chi connectivity index (χ0) is 23.2. The summed E-state index contributed by atoms with van der Waals surface area (Å²) >= 11 is 0. The van der Waals surface area contributed by atoms with Gasteiger partial charge in [-0.05, 0) is 50.1 Å². The van der Waals surface area contributed by atoms with Crippen molar-refractivity contribution in [2.75, 3.05) is 23.7 Å². The Morgan fingerprint density at radius 1 is 1.03 bits per heavy atom. The molecular formula is C25H30FN7. The van der Waals surface area contributed by atoms with Crippen molar-refractivity contribution in [2.24, 2.45) is 7.05 Å². The van der Waals surface area contributed by atoms with E-state index < -0.39 is 0 Å². The molecule has 172 valence electrons. The molecule has 0 saturated carbocycles. The lowest BCUT2D eigenvalue weighted by molar-refractivity contribution is 0.212. The number of hydrogen-bond acceptors (Lipinski definition) is 6. The second-order valence-corrected chi connectivity index (χ2v) is 8.36. The molecule has 0 aliphatic rings. The van der Waals surface area contributed by atoms with Crippen molar-refractivity contribution in [1.29, 1.82) is 0 Å². The molecule has 0 aliphatic carbocycles. The summed E-state index contributed by atoms with van der Waals surface area (Å²) in [6.45, 7) is 7.10. The van der Waals surface area contributed by atoms with Gasteiger partial charge >= 0.3 is 0 Å². The zero-order valence-electron chi connectivity index (χ0n) is 19.3. The quantitative estimate of drug-likeness (QED) is 0.335. The lowest BCUT2D eigenvalue weighted by Gasteiger charge is -2.26. The smallest absolute Gasteiger partial charge is 0.226 e. The molecule has 33 heavy (non-hydrogen) atoms. The largest absolute Gasteiger partial charge is 0.354 e. The standard InChI is InChI=1S/C25H30FN7/c1-18(2)33(17-19-8-5-4-6-9-19)15-7-14-27-25-30-23(22-16-28-32(3)24(22)31-25)29-21-12-10-20(26)11-13-21/h4-6,8-13,16,18H,7,14-15,17H2,1-3H3,(H2,27,29,30,31). The van der Waals surface area contributed by atoms with Crippen molar-refractivity contribution in [1.82, 2.24) is 24.6 Å². The van der Waals surface area contributed by atoms with Gasteiger partial charge in [0.05, 0.1) is 11.6 Å². The average molecular weight is 448 g/mol. The molecule has 0 fully saturated rings. The molecule has 2 heterocycles. The van der Waals surface area contributed by atoms with Gasteiger partial charge in [-0.15, -0.1) is 0 Å². The summed E-state index contributed by atoms with van der Waals surface area (Å²) in [5.41, 5.74) is 2.80. The van der Waals surface area contributed by atoms with Crippen molar-refractivity contribution in [3.05, 3.63) is 72.2 Å². The number of fused-ring (bicyclic) bond motifs is 1. The molecule has 0 spiro atoms. The summed E-state index contributed by atoms with van der Waals surface area (Å²) in [5, 5.41) is 11.7. The van der Waals surface area contributed by atoms with Crippen LogP contribution in [0.25, 0.3) is 11.0 Å². The van der Waals surface area contributed by atoms with Crippen LogP contribution in [0.5, 0.6) is 0 Å². The Balaban J connectivity index is 1.41. The van der Waals surface area contributed by atoms with Crippen molar-refractivity contribution < 1.29 is 4.39 Å². The van der Waals surface area contributed by atoms with E-state index in [1.165, 1.54) is 17.7 Å². The number of anilines is 3. The van der Waals surface area contributed by atoms with Crippen LogP contribution in [0.1, 0.15) is 25.8 Å². The first-order valence-electron chi connectivity index (χ1n) is 11.2. The van der Waals surface area contributed by atoms with E-state index in [9.17, 15) is 4.39 Å². The van der Waals surface area contributed by atoms with E-state index in [4.69, 9.17) is 0 Å². The molecule has 2 aromatic carbocycles. The molecule has 2 N–H and O–H groups in total. The normalized spacial score (nSPS) is 11.5. The lowest BCUT2D eigenvalue weighted by Crippen LogP contribution is -2.32. The average Bonchev–Trinajstić information content (AvgIpc) is 3.19. The summed E-state index contributed by atoms with van der Waals surface area (Å²) in [6, 6.07) is 17.2. The SMILES string of the molecule is CC(C)N(CCCNc1nc(Nc2ccc(F)cc2)c2cnn(C)c2n1)Cc1ccccc1. The summed E-state index contributed by atoms with van der Waals surface area (Å²) in [6.07, 6.45) is 2.69. The highest BCUT2D eigenvalue weighted by Gasteiger charge is 2.13. The van der Waals surface area contributed by atoms with E-state index in [0.29, 0.717) is 17.8 Å². The summed E-state index contributed by atoms with van der Waals surface area (Å²) in [5.74, 6) is 0.893. The van der Waals surface area contributed by atoms with Gasteiger partial charge in [-0.1, -0.05) is 30.3 Å².